The molecular formula is C12H8ClN7O3. The fourth-order valence-electron chi connectivity index (χ4n) is 1.84. The fourth-order valence-corrected chi connectivity index (χ4v) is 2.03. The first-order valence-corrected chi connectivity index (χ1v) is 6.56. The van der Waals surface area contributed by atoms with Crippen LogP contribution in [0, 0.1) is 0 Å². The van der Waals surface area contributed by atoms with Gasteiger partial charge in [0.1, 0.15) is 5.56 Å². The number of rotatable bonds is 3. The van der Waals surface area contributed by atoms with Crippen LogP contribution in [-0.4, -0.2) is 41.5 Å². The molecule has 0 spiro atoms. The number of nitrogens with zero attached hydrogens (tertiary/aromatic N) is 5. The Bertz CT molecular complexity index is 991. The minimum Gasteiger partial charge on any atom is -0.493 e. The highest BCUT2D eigenvalue weighted by molar-refractivity contribution is 6.30. The van der Waals surface area contributed by atoms with Gasteiger partial charge in [-0.1, -0.05) is 22.8 Å². The molecule has 0 aliphatic heterocycles. The maximum Gasteiger partial charge on any atom is 0.335 e. The van der Waals surface area contributed by atoms with Crippen LogP contribution in [0.25, 0.3) is 5.69 Å². The second kappa shape index (κ2) is 5.85. The number of hydrogen-bond donors (Lipinski definition) is 3. The molecule has 0 radical (unpaired) electrons. The van der Waals surface area contributed by atoms with Gasteiger partial charge in [0, 0.05) is 11.2 Å². The number of halogens is 1. The molecular weight excluding hydrogens is 326 g/mol. The number of H-pyrrole nitrogens is 2. The molecule has 2 aromatic heterocycles. The lowest BCUT2D eigenvalue weighted by molar-refractivity contribution is 0.430. The fraction of sp³-hybridized carbons (Fsp3) is 0. The van der Waals surface area contributed by atoms with Crippen molar-refractivity contribution in [2.24, 2.45) is 4.99 Å². The zero-order valence-electron chi connectivity index (χ0n) is 11.3. The Labute approximate surface area is 132 Å². The van der Waals surface area contributed by atoms with E-state index in [0.29, 0.717) is 5.02 Å². The van der Waals surface area contributed by atoms with Gasteiger partial charge in [0.25, 0.3) is 11.5 Å². The molecule has 0 aliphatic rings. The van der Waals surface area contributed by atoms with Crippen LogP contribution in [0.4, 0.5) is 5.95 Å². The van der Waals surface area contributed by atoms with Crippen LogP contribution in [0.5, 0.6) is 5.88 Å². The second-order valence-electron chi connectivity index (χ2n) is 4.28. The van der Waals surface area contributed by atoms with Crippen molar-refractivity contribution < 1.29 is 5.11 Å². The molecule has 10 nitrogen and oxygen atoms in total. The summed E-state index contributed by atoms with van der Waals surface area (Å²) in [6, 6.07) is 6.21. The van der Waals surface area contributed by atoms with E-state index in [1.54, 1.807) is 18.2 Å². The second-order valence-corrected chi connectivity index (χ2v) is 4.72. The smallest absolute Gasteiger partial charge is 0.335 e. The Morgan fingerprint density at radius 1 is 1.35 bits per heavy atom. The van der Waals surface area contributed by atoms with E-state index in [1.165, 1.54) is 6.07 Å². The largest absolute Gasteiger partial charge is 0.493 e. The standard InChI is InChI=1S/C12H8ClN7O3/c13-6-2-1-3-7(4-6)20-10(22)8(9(21)15-12(20)23)5-14-11-16-18-19-17-11/h1-5,22H,(H,15,21,23)(H,16,17,18,19). The summed E-state index contributed by atoms with van der Waals surface area (Å²) in [7, 11) is 0. The SMILES string of the molecule is O=c1[nH]c(=O)n(-c2cccc(Cl)c2)c(O)c1C=Nc1nn[nH]n1. The van der Waals surface area contributed by atoms with Crippen molar-refractivity contribution in [3.8, 4) is 11.6 Å². The maximum absolute atomic E-state index is 12.0. The van der Waals surface area contributed by atoms with E-state index in [1.807, 2.05) is 0 Å². The highest BCUT2D eigenvalue weighted by Gasteiger charge is 2.14. The lowest BCUT2D eigenvalue weighted by Crippen LogP contribution is -2.31. The van der Waals surface area contributed by atoms with E-state index < -0.39 is 17.1 Å². The molecule has 0 fully saturated rings. The number of nitrogens with one attached hydrogen (secondary N) is 2. The first-order chi connectivity index (χ1) is 11.1. The van der Waals surface area contributed by atoms with Crippen LogP contribution in [0.1, 0.15) is 5.56 Å². The molecule has 0 bridgehead atoms. The number of benzene rings is 1. The van der Waals surface area contributed by atoms with Crippen molar-refractivity contribution in [1.29, 1.82) is 0 Å². The Balaban J connectivity index is 2.17. The highest BCUT2D eigenvalue weighted by Crippen LogP contribution is 2.18. The molecule has 3 aromatic rings. The lowest BCUT2D eigenvalue weighted by atomic mass is 10.3. The summed E-state index contributed by atoms with van der Waals surface area (Å²) in [6.07, 6.45) is 1.03. The zero-order chi connectivity index (χ0) is 16.4. The summed E-state index contributed by atoms with van der Waals surface area (Å²) < 4.78 is 0.894. The van der Waals surface area contributed by atoms with Crippen LogP contribution in [0.3, 0.4) is 0 Å². The highest BCUT2D eigenvalue weighted by atomic mass is 35.5. The summed E-state index contributed by atoms with van der Waals surface area (Å²) in [5.41, 5.74) is -1.58. The monoisotopic (exact) mass is 333 g/mol. The summed E-state index contributed by atoms with van der Waals surface area (Å²) in [5.74, 6) is -0.627. The van der Waals surface area contributed by atoms with Crippen LogP contribution in [0.15, 0.2) is 38.8 Å². The van der Waals surface area contributed by atoms with Gasteiger partial charge in [0.15, 0.2) is 0 Å². The first-order valence-electron chi connectivity index (χ1n) is 6.18. The number of tetrazole rings is 1. The van der Waals surface area contributed by atoms with Gasteiger partial charge >= 0.3 is 5.69 Å². The van der Waals surface area contributed by atoms with Crippen molar-refractivity contribution in [3.05, 3.63) is 55.7 Å². The van der Waals surface area contributed by atoms with E-state index in [9.17, 15) is 14.7 Å². The summed E-state index contributed by atoms with van der Waals surface area (Å²) in [5, 5.41) is 23.3. The lowest BCUT2D eigenvalue weighted by Gasteiger charge is -2.09. The van der Waals surface area contributed by atoms with E-state index in [-0.39, 0.29) is 17.2 Å². The van der Waals surface area contributed by atoms with Crippen LogP contribution in [-0.2, 0) is 0 Å². The third-order valence-corrected chi connectivity index (χ3v) is 3.07. The number of hydrogen-bond acceptors (Lipinski definition) is 7. The van der Waals surface area contributed by atoms with Crippen molar-refractivity contribution in [2.45, 2.75) is 0 Å². The molecule has 0 saturated carbocycles. The number of aromatic nitrogens is 6. The molecule has 11 heteroatoms. The van der Waals surface area contributed by atoms with E-state index in [2.05, 4.69) is 30.6 Å². The first kappa shape index (κ1) is 14.7. The van der Waals surface area contributed by atoms with Gasteiger partial charge in [-0.15, -0.1) is 5.10 Å². The Hall–Kier alpha value is -3.27. The van der Waals surface area contributed by atoms with Crippen LogP contribution in [0.2, 0.25) is 5.02 Å². The van der Waals surface area contributed by atoms with Gasteiger partial charge in [0.2, 0.25) is 5.88 Å². The van der Waals surface area contributed by atoms with E-state index in [0.717, 1.165) is 10.8 Å². The average molecular weight is 334 g/mol. The molecule has 0 unspecified atom stereocenters. The predicted octanol–water partition coefficient (Wildman–Crippen LogP) is 0.148. The van der Waals surface area contributed by atoms with E-state index in [4.69, 9.17) is 11.6 Å². The van der Waals surface area contributed by atoms with Gasteiger partial charge in [-0.25, -0.2) is 14.4 Å². The summed E-state index contributed by atoms with van der Waals surface area (Å²) in [6.45, 7) is 0. The number of aromatic amines is 2. The Kier molecular flexibility index (Phi) is 3.73. The minimum absolute atomic E-state index is 0.0377. The molecule has 1 aromatic carbocycles. The molecule has 0 aliphatic carbocycles. The summed E-state index contributed by atoms with van der Waals surface area (Å²) >= 11 is 5.88. The van der Waals surface area contributed by atoms with Gasteiger partial charge in [-0.3, -0.25) is 9.78 Å². The average Bonchev–Trinajstić information content (AvgIpc) is 3.00. The van der Waals surface area contributed by atoms with Gasteiger partial charge in [-0.05, 0) is 23.4 Å². The Morgan fingerprint density at radius 3 is 2.87 bits per heavy atom. The van der Waals surface area contributed by atoms with Crippen molar-refractivity contribution in [3.63, 3.8) is 0 Å². The quantitative estimate of drug-likeness (QED) is 0.582. The molecule has 3 rings (SSSR count). The normalized spacial score (nSPS) is 11.2. The predicted molar refractivity (Wildman–Crippen MR) is 80.8 cm³/mol. The van der Waals surface area contributed by atoms with Gasteiger partial charge in [-0.2, -0.15) is 5.21 Å². The minimum atomic E-state index is -0.813. The van der Waals surface area contributed by atoms with Crippen LogP contribution < -0.4 is 11.2 Å². The molecule has 23 heavy (non-hydrogen) atoms. The molecule has 2 heterocycles. The zero-order valence-corrected chi connectivity index (χ0v) is 12.0. The van der Waals surface area contributed by atoms with Crippen molar-refractivity contribution in [2.75, 3.05) is 0 Å². The molecule has 116 valence electrons. The number of aliphatic imine (C=N–C) groups is 1. The molecule has 3 N–H and O–H groups in total. The molecule has 0 amide bonds. The third kappa shape index (κ3) is 2.87. The number of aromatic hydroxyl groups is 1. The third-order valence-electron chi connectivity index (χ3n) is 2.83. The summed E-state index contributed by atoms with van der Waals surface area (Å²) in [4.78, 5) is 29.7. The van der Waals surface area contributed by atoms with Crippen molar-refractivity contribution in [1.82, 2.24) is 30.2 Å². The Morgan fingerprint density at radius 2 is 2.17 bits per heavy atom. The van der Waals surface area contributed by atoms with Crippen molar-refractivity contribution >= 4 is 23.8 Å². The molecule has 0 saturated heterocycles. The topological polar surface area (TPSA) is 142 Å². The van der Waals surface area contributed by atoms with E-state index >= 15 is 0 Å². The maximum atomic E-state index is 12.0. The van der Waals surface area contributed by atoms with Crippen LogP contribution >= 0.6 is 11.6 Å². The van der Waals surface area contributed by atoms with Gasteiger partial charge in [0.05, 0.1) is 5.69 Å². The molecule has 0 atom stereocenters. The van der Waals surface area contributed by atoms with Gasteiger partial charge < -0.3 is 5.11 Å².